The fourth-order valence-electron chi connectivity index (χ4n) is 2.93. The molecule has 0 aromatic carbocycles. The molecule has 2 heterocycles. The van der Waals surface area contributed by atoms with Crippen LogP contribution in [0.1, 0.15) is 44.0 Å². The summed E-state index contributed by atoms with van der Waals surface area (Å²) in [5, 5.41) is 17.1. The van der Waals surface area contributed by atoms with Crippen molar-refractivity contribution in [1.29, 1.82) is 0 Å². The van der Waals surface area contributed by atoms with Gasteiger partial charge in [0.25, 0.3) is 0 Å². The largest absolute Gasteiger partial charge is 0.394 e. The molecule has 0 radical (unpaired) electrons. The average Bonchev–Trinajstić information content (AvgIpc) is 3.08. The Labute approximate surface area is 143 Å². The number of carbonyl (C=O) groups excluding carboxylic acids is 1. The summed E-state index contributed by atoms with van der Waals surface area (Å²) < 4.78 is 0. The Hall–Kier alpha value is -1.11. The Morgan fingerprint density at radius 1 is 1.48 bits per heavy atom. The number of aliphatic hydroxyl groups is 1. The zero-order valence-electron chi connectivity index (χ0n) is 14.1. The molecule has 1 fully saturated rings. The number of nitrogens with one attached hydrogen (secondary N) is 2. The molecule has 2 amide bonds. The molecule has 1 aromatic rings. The maximum atomic E-state index is 12.0. The molecule has 1 saturated heterocycles. The van der Waals surface area contributed by atoms with Gasteiger partial charge < -0.3 is 15.7 Å². The quantitative estimate of drug-likeness (QED) is 0.715. The first-order valence-electron chi connectivity index (χ1n) is 8.56. The van der Waals surface area contributed by atoms with E-state index in [2.05, 4.69) is 40.0 Å². The SMILES string of the molecule is CCC(CO)NC(=O)NCC(c1cccs1)N1CCC(C)CC1. The fraction of sp³-hybridized carbons (Fsp3) is 0.706. The maximum absolute atomic E-state index is 12.0. The van der Waals surface area contributed by atoms with Crippen molar-refractivity contribution in [3.8, 4) is 0 Å². The van der Waals surface area contributed by atoms with Crippen molar-refractivity contribution in [3.63, 3.8) is 0 Å². The molecule has 2 atom stereocenters. The van der Waals surface area contributed by atoms with Crippen molar-refractivity contribution in [2.24, 2.45) is 5.92 Å². The summed E-state index contributed by atoms with van der Waals surface area (Å²) >= 11 is 1.75. The first-order chi connectivity index (χ1) is 11.1. The van der Waals surface area contributed by atoms with Gasteiger partial charge in [-0.05, 0) is 49.7 Å². The number of nitrogens with zero attached hydrogens (tertiary/aromatic N) is 1. The summed E-state index contributed by atoms with van der Waals surface area (Å²) in [6.45, 7) is 7.00. The maximum Gasteiger partial charge on any atom is 0.315 e. The molecule has 3 N–H and O–H groups in total. The number of likely N-dealkylation sites (tertiary alicyclic amines) is 1. The van der Waals surface area contributed by atoms with Crippen LogP contribution in [-0.2, 0) is 0 Å². The molecule has 1 aliphatic heterocycles. The molecular formula is C17H29N3O2S. The minimum absolute atomic E-state index is 0.0255. The predicted octanol–water partition coefficient (Wildman–Crippen LogP) is 2.59. The lowest BCUT2D eigenvalue weighted by Gasteiger charge is -2.36. The highest BCUT2D eigenvalue weighted by Crippen LogP contribution is 2.28. The number of thiophene rings is 1. The molecule has 6 heteroatoms. The second-order valence-electron chi connectivity index (χ2n) is 6.39. The average molecular weight is 340 g/mol. The van der Waals surface area contributed by atoms with Crippen LogP contribution in [0.2, 0.25) is 0 Å². The van der Waals surface area contributed by atoms with Gasteiger partial charge in [-0.15, -0.1) is 11.3 Å². The highest BCUT2D eigenvalue weighted by molar-refractivity contribution is 7.10. The van der Waals surface area contributed by atoms with Crippen molar-refractivity contribution < 1.29 is 9.90 Å². The highest BCUT2D eigenvalue weighted by atomic mass is 32.1. The van der Waals surface area contributed by atoms with Gasteiger partial charge in [0.1, 0.15) is 0 Å². The van der Waals surface area contributed by atoms with Crippen molar-refractivity contribution >= 4 is 17.4 Å². The van der Waals surface area contributed by atoms with Gasteiger partial charge in [0.05, 0.1) is 18.7 Å². The molecule has 130 valence electrons. The van der Waals surface area contributed by atoms with E-state index in [-0.39, 0.29) is 24.7 Å². The van der Waals surface area contributed by atoms with Crippen molar-refractivity contribution in [1.82, 2.24) is 15.5 Å². The van der Waals surface area contributed by atoms with Crippen molar-refractivity contribution in [2.75, 3.05) is 26.2 Å². The molecule has 2 unspecified atom stereocenters. The predicted molar refractivity (Wildman–Crippen MR) is 94.7 cm³/mol. The number of rotatable bonds is 7. The van der Waals surface area contributed by atoms with Crippen LogP contribution < -0.4 is 10.6 Å². The normalized spacial score (nSPS) is 19.3. The van der Waals surface area contributed by atoms with E-state index in [0.717, 1.165) is 25.4 Å². The fourth-order valence-corrected chi connectivity index (χ4v) is 3.79. The summed E-state index contributed by atoms with van der Waals surface area (Å²) in [6.07, 6.45) is 3.16. The van der Waals surface area contributed by atoms with Crippen LogP contribution in [0.3, 0.4) is 0 Å². The molecule has 0 spiro atoms. The minimum Gasteiger partial charge on any atom is -0.394 e. The second kappa shape index (κ2) is 9.25. The van der Waals surface area contributed by atoms with E-state index < -0.39 is 0 Å². The number of carbonyl (C=O) groups is 1. The van der Waals surface area contributed by atoms with Crippen LogP contribution in [0.4, 0.5) is 4.79 Å². The molecule has 0 bridgehead atoms. The van der Waals surface area contributed by atoms with E-state index in [4.69, 9.17) is 0 Å². The van der Waals surface area contributed by atoms with E-state index in [9.17, 15) is 9.90 Å². The van der Waals surface area contributed by atoms with Gasteiger partial charge in [0, 0.05) is 11.4 Å². The van der Waals surface area contributed by atoms with Crippen LogP contribution in [0.25, 0.3) is 0 Å². The smallest absolute Gasteiger partial charge is 0.315 e. The topological polar surface area (TPSA) is 64.6 Å². The van der Waals surface area contributed by atoms with Crippen LogP contribution in [0.5, 0.6) is 0 Å². The van der Waals surface area contributed by atoms with Crippen LogP contribution in [-0.4, -0.2) is 48.3 Å². The number of urea groups is 1. The zero-order valence-corrected chi connectivity index (χ0v) is 14.9. The monoisotopic (exact) mass is 339 g/mol. The van der Waals surface area contributed by atoms with Gasteiger partial charge in [0.15, 0.2) is 0 Å². The number of piperidine rings is 1. The third-order valence-electron chi connectivity index (χ3n) is 4.63. The number of hydrogen-bond donors (Lipinski definition) is 3. The lowest BCUT2D eigenvalue weighted by Crippen LogP contribution is -2.47. The molecule has 0 aliphatic carbocycles. The first kappa shape index (κ1) is 18.2. The number of aliphatic hydroxyl groups excluding tert-OH is 1. The molecule has 2 rings (SSSR count). The van der Waals surface area contributed by atoms with Crippen molar-refractivity contribution in [3.05, 3.63) is 22.4 Å². The minimum atomic E-state index is -0.196. The summed E-state index contributed by atoms with van der Waals surface area (Å²) in [5.74, 6) is 0.793. The van der Waals surface area contributed by atoms with Crippen molar-refractivity contribution in [2.45, 2.75) is 45.2 Å². The Bertz CT molecular complexity index is 454. The third-order valence-corrected chi connectivity index (χ3v) is 5.61. The van der Waals surface area contributed by atoms with Gasteiger partial charge in [0.2, 0.25) is 0 Å². The zero-order chi connectivity index (χ0) is 16.7. The summed E-state index contributed by atoms with van der Waals surface area (Å²) in [4.78, 5) is 15.8. The molecule has 23 heavy (non-hydrogen) atoms. The summed E-state index contributed by atoms with van der Waals surface area (Å²) in [5.41, 5.74) is 0. The van der Waals surface area contributed by atoms with Gasteiger partial charge in [-0.3, -0.25) is 4.90 Å². The molecule has 0 saturated carbocycles. The lowest BCUT2D eigenvalue weighted by atomic mass is 9.97. The Kier molecular flexibility index (Phi) is 7.33. The van der Waals surface area contributed by atoms with Gasteiger partial charge in [-0.1, -0.05) is 19.9 Å². The van der Waals surface area contributed by atoms with Crippen LogP contribution in [0.15, 0.2) is 17.5 Å². The van der Waals surface area contributed by atoms with Crippen LogP contribution in [0, 0.1) is 5.92 Å². The lowest BCUT2D eigenvalue weighted by molar-refractivity contribution is 0.137. The third kappa shape index (κ3) is 5.48. The number of hydrogen-bond acceptors (Lipinski definition) is 4. The van der Waals surface area contributed by atoms with Gasteiger partial charge >= 0.3 is 6.03 Å². The van der Waals surface area contributed by atoms with Gasteiger partial charge in [-0.25, -0.2) is 4.79 Å². The van der Waals surface area contributed by atoms with E-state index in [1.165, 1.54) is 17.7 Å². The molecule has 5 nitrogen and oxygen atoms in total. The first-order valence-corrected chi connectivity index (χ1v) is 9.44. The summed E-state index contributed by atoms with van der Waals surface area (Å²) in [7, 11) is 0. The second-order valence-corrected chi connectivity index (χ2v) is 7.37. The van der Waals surface area contributed by atoms with E-state index in [1.807, 2.05) is 6.92 Å². The Balaban J connectivity index is 1.92. The Morgan fingerprint density at radius 2 is 2.22 bits per heavy atom. The number of amides is 2. The molecule has 1 aromatic heterocycles. The standard InChI is InChI=1S/C17H29N3O2S/c1-3-14(12-21)19-17(22)18-11-15(16-5-4-10-23-16)20-8-6-13(2)7-9-20/h4-5,10,13-15,21H,3,6-9,11-12H2,1-2H3,(H2,18,19,22). The Morgan fingerprint density at radius 3 is 2.78 bits per heavy atom. The van der Waals surface area contributed by atoms with E-state index in [1.54, 1.807) is 11.3 Å². The van der Waals surface area contributed by atoms with E-state index in [0.29, 0.717) is 6.54 Å². The molecular weight excluding hydrogens is 310 g/mol. The van der Waals surface area contributed by atoms with E-state index >= 15 is 0 Å². The molecule has 1 aliphatic rings. The van der Waals surface area contributed by atoms with Gasteiger partial charge in [-0.2, -0.15) is 0 Å². The summed E-state index contributed by atoms with van der Waals surface area (Å²) in [6, 6.07) is 4.08. The van der Waals surface area contributed by atoms with Crippen LogP contribution >= 0.6 is 11.3 Å². The highest BCUT2D eigenvalue weighted by Gasteiger charge is 2.25.